The van der Waals surface area contributed by atoms with Crippen LogP contribution in [0.5, 0.6) is 17.2 Å². The van der Waals surface area contributed by atoms with Gasteiger partial charge in [0.25, 0.3) is 10.0 Å². The van der Waals surface area contributed by atoms with Crippen molar-refractivity contribution in [2.45, 2.75) is 37.2 Å². The Hall–Kier alpha value is -5.03. The summed E-state index contributed by atoms with van der Waals surface area (Å²) in [5.41, 5.74) is 1.75. The zero-order chi connectivity index (χ0) is 33.8. The van der Waals surface area contributed by atoms with Crippen LogP contribution in [-0.2, 0) is 32.6 Å². The number of ether oxygens (including phenoxy) is 3. The van der Waals surface area contributed by atoms with Crippen LogP contribution in [0.3, 0.4) is 0 Å². The van der Waals surface area contributed by atoms with Crippen LogP contribution >= 0.6 is 0 Å². The number of anilines is 1. The number of carbonyl (C=O) groups is 2. The number of benzene rings is 4. The molecule has 10 nitrogen and oxygen atoms in total. The molecule has 1 atom stereocenters. The molecule has 0 aromatic heterocycles. The number of amides is 2. The molecule has 0 spiro atoms. The van der Waals surface area contributed by atoms with Crippen molar-refractivity contribution in [1.82, 2.24) is 10.2 Å². The Morgan fingerprint density at radius 2 is 1.43 bits per heavy atom. The van der Waals surface area contributed by atoms with Crippen LogP contribution in [0.25, 0.3) is 0 Å². The standard InChI is InChI=1S/C36H41N3O7S/c1-5-21-37-36(41)32(23-27-13-8-6-9-14-27)38(25-28-15-12-16-30(22-28)44-2)35(40)26-39(47(42,43)31-17-10-7-11-18-31)29-19-20-33(45-3)34(24-29)46-4/h6-20,22,24,32H,5,21,23,25-26H2,1-4H3,(H,37,41)/t32-/m0/s1. The molecule has 11 heteroatoms. The fourth-order valence-corrected chi connectivity index (χ4v) is 6.54. The summed E-state index contributed by atoms with van der Waals surface area (Å²) in [4.78, 5) is 29.9. The number of sulfonamides is 1. The van der Waals surface area contributed by atoms with Crippen LogP contribution in [-0.4, -0.2) is 65.6 Å². The molecular weight excluding hydrogens is 618 g/mol. The number of hydrogen-bond acceptors (Lipinski definition) is 7. The molecule has 0 saturated carbocycles. The minimum absolute atomic E-state index is 0.00320. The Labute approximate surface area is 276 Å². The van der Waals surface area contributed by atoms with Crippen molar-refractivity contribution in [2.75, 3.05) is 38.7 Å². The van der Waals surface area contributed by atoms with E-state index in [-0.39, 0.29) is 29.5 Å². The molecular formula is C36H41N3O7S. The predicted octanol–water partition coefficient (Wildman–Crippen LogP) is 5.07. The van der Waals surface area contributed by atoms with Gasteiger partial charge in [0.15, 0.2) is 11.5 Å². The first-order valence-corrected chi connectivity index (χ1v) is 16.7. The average molecular weight is 660 g/mol. The summed E-state index contributed by atoms with van der Waals surface area (Å²) in [6.45, 7) is 1.80. The van der Waals surface area contributed by atoms with Crippen LogP contribution in [0.1, 0.15) is 24.5 Å². The smallest absolute Gasteiger partial charge is 0.264 e. The number of rotatable bonds is 16. The molecule has 0 heterocycles. The normalized spacial score (nSPS) is 11.7. The van der Waals surface area contributed by atoms with Crippen LogP contribution in [0.4, 0.5) is 5.69 Å². The van der Waals surface area contributed by atoms with E-state index in [2.05, 4.69) is 5.32 Å². The molecule has 1 N–H and O–H groups in total. The fourth-order valence-electron chi connectivity index (χ4n) is 5.12. The average Bonchev–Trinajstić information content (AvgIpc) is 3.11. The summed E-state index contributed by atoms with van der Waals surface area (Å²) < 4.78 is 45.7. The molecule has 0 aliphatic rings. The van der Waals surface area contributed by atoms with E-state index < -0.39 is 28.5 Å². The Kier molecular flexibility index (Phi) is 12.2. The molecule has 0 aliphatic carbocycles. The summed E-state index contributed by atoms with van der Waals surface area (Å²) in [6.07, 6.45) is 0.921. The lowest BCUT2D eigenvalue weighted by molar-refractivity contribution is -0.140. The van der Waals surface area contributed by atoms with E-state index in [4.69, 9.17) is 14.2 Å². The van der Waals surface area contributed by atoms with Crippen LogP contribution in [0.2, 0.25) is 0 Å². The summed E-state index contributed by atoms with van der Waals surface area (Å²) in [6, 6.07) is 28.2. The molecule has 0 radical (unpaired) electrons. The summed E-state index contributed by atoms with van der Waals surface area (Å²) in [5, 5.41) is 2.95. The number of nitrogens with one attached hydrogen (secondary N) is 1. The van der Waals surface area contributed by atoms with Crippen molar-refractivity contribution in [1.29, 1.82) is 0 Å². The first-order valence-electron chi connectivity index (χ1n) is 15.3. The highest BCUT2D eigenvalue weighted by Crippen LogP contribution is 2.34. The molecule has 0 saturated heterocycles. The lowest BCUT2D eigenvalue weighted by Crippen LogP contribution is -2.53. The third kappa shape index (κ3) is 8.82. The molecule has 2 amide bonds. The zero-order valence-corrected chi connectivity index (χ0v) is 27.9. The van der Waals surface area contributed by atoms with Gasteiger partial charge < -0.3 is 24.4 Å². The van der Waals surface area contributed by atoms with Crippen molar-refractivity contribution in [3.63, 3.8) is 0 Å². The number of methoxy groups -OCH3 is 3. The van der Waals surface area contributed by atoms with Crippen LogP contribution in [0.15, 0.2) is 108 Å². The minimum Gasteiger partial charge on any atom is -0.497 e. The Bertz CT molecular complexity index is 1730. The van der Waals surface area contributed by atoms with E-state index in [9.17, 15) is 18.0 Å². The molecule has 0 unspecified atom stereocenters. The first-order chi connectivity index (χ1) is 22.7. The highest BCUT2D eigenvalue weighted by Gasteiger charge is 2.35. The quantitative estimate of drug-likeness (QED) is 0.179. The molecule has 0 bridgehead atoms. The minimum atomic E-state index is -4.26. The van der Waals surface area contributed by atoms with Gasteiger partial charge in [0, 0.05) is 25.6 Å². The lowest BCUT2D eigenvalue weighted by Gasteiger charge is -2.34. The SMILES string of the molecule is CCCNC(=O)[C@H](Cc1ccccc1)N(Cc1cccc(OC)c1)C(=O)CN(c1ccc(OC)c(OC)c1)S(=O)(=O)c1ccccc1. The van der Waals surface area contributed by atoms with Gasteiger partial charge in [-0.15, -0.1) is 0 Å². The third-order valence-electron chi connectivity index (χ3n) is 7.57. The fraction of sp³-hybridized carbons (Fsp3) is 0.278. The van der Waals surface area contributed by atoms with Gasteiger partial charge >= 0.3 is 0 Å². The van der Waals surface area contributed by atoms with Gasteiger partial charge in [0.2, 0.25) is 11.8 Å². The molecule has 0 fully saturated rings. The van der Waals surface area contributed by atoms with Crippen molar-refractivity contribution in [3.8, 4) is 17.2 Å². The second kappa shape index (κ2) is 16.5. The maximum absolute atomic E-state index is 14.6. The second-order valence-corrected chi connectivity index (χ2v) is 12.6. The van der Waals surface area contributed by atoms with Gasteiger partial charge in [-0.3, -0.25) is 13.9 Å². The predicted molar refractivity (Wildman–Crippen MR) is 181 cm³/mol. The number of hydrogen-bond donors (Lipinski definition) is 1. The van der Waals surface area contributed by atoms with Gasteiger partial charge in [-0.2, -0.15) is 0 Å². The second-order valence-electron chi connectivity index (χ2n) is 10.7. The van der Waals surface area contributed by atoms with Gasteiger partial charge in [0.1, 0.15) is 18.3 Å². The van der Waals surface area contributed by atoms with E-state index in [0.717, 1.165) is 9.87 Å². The van der Waals surface area contributed by atoms with Gasteiger partial charge in [0.05, 0.1) is 31.9 Å². The highest BCUT2D eigenvalue weighted by atomic mass is 32.2. The Morgan fingerprint density at radius 1 is 0.766 bits per heavy atom. The van der Waals surface area contributed by atoms with Crippen molar-refractivity contribution < 1.29 is 32.2 Å². The third-order valence-corrected chi connectivity index (χ3v) is 9.36. The van der Waals surface area contributed by atoms with Gasteiger partial charge in [-0.1, -0.05) is 67.6 Å². The molecule has 4 aromatic rings. The molecule has 4 rings (SSSR count). The summed E-state index contributed by atoms with van der Waals surface area (Å²) in [7, 11) is 0.213. The Morgan fingerprint density at radius 3 is 2.06 bits per heavy atom. The van der Waals surface area contributed by atoms with E-state index in [1.165, 1.54) is 37.3 Å². The molecule has 4 aromatic carbocycles. The van der Waals surface area contributed by atoms with E-state index in [1.807, 2.05) is 43.3 Å². The first kappa shape index (κ1) is 34.8. The molecule has 0 aliphatic heterocycles. The van der Waals surface area contributed by atoms with Gasteiger partial charge in [-0.05, 0) is 53.9 Å². The van der Waals surface area contributed by atoms with Crippen LogP contribution in [0, 0.1) is 0 Å². The van der Waals surface area contributed by atoms with Crippen molar-refractivity contribution in [2.24, 2.45) is 0 Å². The van der Waals surface area contributed by atoms with Gasteiger partial charge in [-0.25, -0.2) is 8.42 Å². The summed E-state index contributed by atoms with van der Waals surface area (Å²) in [5.74, 6) is 0.364. The van der Waals surface area contributed by atoms with E-state index in [0.29, 0.717) is 35.8 Å². The van der Waals surface area contributed by atoms with E-state index in [1.54, 1.807) is 55.6 Å². The van der Waals surface area contributed by atoms with Crippen LogP contribution < -0.4 is 23.8 Å². The number of carbonyl (C=O) groups excluding carboxylic acids is 2. The zero-order valence-electron chi connectivity index (χ0n) is 27.1. The lowest BCUT2D eigenvalue weighted by atomic mass is 10.0. The topological polar surface area (TPSA) is 114 Å². The maximum Gasteiger partial charge on any atom is 0.264 e. The van der Waals surface area contributed by atoms with E-state index >= 15 is 0 Å². The molecule has 248 valence electrons. The highest BCUT2D eigenvalue weighted by molar-refractivity contribution is 7.92. The monoisotopic (exact) mass is 659 g/mol. The maximum atomic E-state index is 14.6. The number of nitrogens with zero attached hydrogens (tertiary/aromatic N) is 2. The van der Waals surface area contributed by atoms with Crippen molar-refractivity contribution in [3.05, 3.63) is 114 Å². The van der Waals surface area contributed by atoms with Crippen molar-refractivity contribution >= 4 is 27.5 Å². The Balaban J connectivity index is 1.83. The summed E-state index contributed by atoms with van der Waals surface area (Å²) >= 11 is 0. The largest absolute Gasteiger partial charge is 0.497 e. The molecule has 47 heavy (non-hydrogen) atoms.